The van der Waals surface area contributed by atoms with Gasteiger partial charge in [-0.1, -0.05) is 120 Å². The van der Waals surface area contributed by atoms with Crippen molar-refractivity contribution < 1.29 is 21.1 Å². The molecule has 0 bridgehead atoms. The first-order valence-electron chi connectivity index (χ1n) is 18.0. The number of benzene rings is 7. The van der Waals surface area contributed by atoms with Crippen LogP contribution in [-0.2, 0) is 21.1 Å². The molecule has 55 heavy (non-hydrogen) atoms. The van der Waals surface area contributed by atoms with Crippen LogP contribution in [0.5, 0.6) is 0 Å². The minimum atomic E-state index is 0. The van der Waals surface area contributed by atoms with E-state index >= 15 is 0 Å². The summed E-state index contributed by atoms with van der Waals surface area (Å²) in [6.45, 7) is 2.16. The van der Waals surface area contributed by atoms with E-state index in [1.54, 1.807) is 12.4 Å². The van der Waals surface area contributed by atoms with Gasteiger partial charge in [0, 0.05) is 56.0 Å². The summed E-state index contributed by atoms with van der Waals surface area (Å²) in [6, 6.07) is 67.3. The average molecular weight is 886 g/mol. The van der Waals surface area contributed by atoms with E-state index in [0.717, 1.165) is 83.8 Å². The SMILES string of the molecule is [Pt].[c-]1c(C(=C(c2ccccc2)c2ccccc2)c2[c-]c3c(cc2)c2ccccc2n3-c2cnccn2)cccc1N1[CH-]N(c2ccccc2)c2ccccc21. The van der Waals surface area contributed by atoms with Gasteiger partial charge in [0.15, 0.2) is 5.82 Å². The van der Waals surface area contributed by atoms with Gasteiger partial charge in [0.25, 0.3) is 0 Å². The average Bonchev–Trinajstić information content (AvgIpc) is 3.80. The molecule has 5 nitrogen and oxygen atoms in total. The number of rotatable bonds is 7. The maximum Gasteiger partial charge on any atom is 0.154 e. The van der Waals surface area contributed by atoms with Crippen LogP contribution in [0.3, 0.4) is 0 Å². The summed E-state index contributed by atoms with van der Waals surface area (Å²) in [5.41, 5.74) is 12.5. The number of nitrogens with zero attached hydrogens (tertiary/aromatic N) is 5. The van der Waals surface area contributed by atoms with E-state index < -0.39 is 0 Å². The second kappa shape index (κ2) is 14.7. The molecular weight excluding hydrogens is 854 g/mol. The van der Waals surface area contributed by atoms with Crippen LogP contribution in [0.1, 0.15) is 22.3 Å². The molecule has 0 unspecified atom stereocenters. The van der Waals surface area contributed by atoms with E-state index in [0.29, 0.717) is 0 Å². The summed E-state index contributed by atoms with van der Waals surface area (Å²) >= 11 is 0. The molecule has 0 spiro atoms. The Hall–Kier alpha value is -6.55. The molecule has 3 heterocycles. The zero-order chi connectivity index (χ0) is 35.8. The van der Waals surface area contributed by atoms with E-state index in [1.165, 1.54) is 0 Å². The van der Waals surface area contributed by atoms with E-state index in [2.05, 4.69) is 202 Å². The second-order valence-corrected chi connectivity index (χ2v) is 13.2. The van der Waals surface area contributed by atoms with Gasteiger partial charge in [-0.3, -0.25) is 4.98 Å². The van der Waals surface area contributed by atoms with Gasteiger partial charge in [-0.25, -0.2) is 4.98 Å². The summed E-state index contributed by atoms with van der Waals surface area (Å²) in [5.74, 6) is 0.744. The number of fused-ring (bicyclic) bond motifs is 4. The summed E-state index contributed by atoms with van der Waals surface area (Å²) in [6.07, 6.45) is 5.25. The molecule has 266 valence electrons. The normalized spacial score (nSPS) is 12.1. The second-order valence-electron chi connectivity index (χ2n) is 13.2. The Bertz CT molecular complexity index is 2760. The van der Waals surface area contributed by atoms with Crippen molar-refractivity contribution >= 4 is 55.7 Å². The molecule has 10 rings (SSSR count). The van der Waals surface area contributed by atoms with Crippen molar-refractivity contribution in [2.45, 2.75) is 0 Å². The number of aromatic nitrogens is 3. The Morgan fingerprint density at radius 3 is 1.85 bits per heavy atom. The van der Waals surface area contributed by atoms with Crippen LogP contribution in [0.2, 0.25) is 0 Å². The monoisotopic (exact) mass is 885 g/mol. The molecule has 1 aliphatic heterocycles. The van der Waals surface area contributed by atoms with Gasteiger partial charge in [-0.2, -0.15) is 0 Å². The molecule has 0 fully saturated rings. The van der Waals surface area contributed by atoms with Crippen LogP contribution >= 0.6 is 0 Å². The number of hydrogen-bond donors (Lipinski definition) is 0. The largest absolute Gasteiger partial charge is 0.488 e. The van der Waals surface area contributed by atoms with E-state index in [9.17, 15) is 0 Å². The third kappa shape index (κ3) is 6.13. The number of para-hydroxylation sites is 4. The maximum absolute atomic E-state index is 4.74. The van der Waals surface area contributed by atoms with Gasteiger partial charge in [-0.05, 0) is 57.9 Å². The van der Waals surface area contributed by atoms with E-state index in [4.69, 9.17) is 4.98 Å². The standard InChI is InChI=1S/C49H32N5.Pt/c1-4-15-35(16-5-1)48(36-17-6-2-7-18-36)49(38-27-28-42-41-23-10-11-24-43(41)54(46(42)32-38)47-33-50-29-30-51-47)37-19-14-22-40(31-37)53-34-52(39-20-8-3-9-21-39)44-25-12-13-26-45(44)53;/h1-30,33-34H;/q-3;. The molecule has 0 aliphatic carbocycles. The maximum atomic E-state index is 4.74. The van der Waals surface area contributed by atoms with E-state index in [-0.39, 0.29) is 21.1 Å². The molecule has 6 heteroatoms. The van der Waals surface area contributed by atoms with Gasteiger partial charge in [0.2, 0.25) is 0 Å². The minimum absolute atomic E-state index is 0. The Morgan fingerprint density at radius 1 is 0.509 bits per heavy atom. The van der Waals surface area contributed by atoms with Crippen molar-refractivity contribution in [3.8, 4) is 5.82 Å². The first kappa shape index (κ1) is 34.2. The van der Waals surface area contributed by atoms with Crippen molar-refractivity contribution in [2.24, 2.45) is 0 Å². The van der Waals surface area contributed by atoms with Crippen LogP contribution < -0.4 is 9.80 Å². The summed E-state index contributed by atoms with van der Waals surface area (Å²) in [7, 11) is 0. The molecule has 0 N–H and O–H groups in total. The molecule has 0 radical (unpaired) electrons. The molecule has 0 saturated carbocycles. The third-order valence-corrected chi connectivity index (χ3v) is 9.98. The van der Waals surface area contributed by atoms with Gasteiger partial charge < -0.3 is 14.4 Å². The smallest absolute Gasteiger partial charge is 0.154 e. The van der Waals surface area contributed by atoms with Crippen molar-refractivity contribution in [2.75, 3.05) is 9.80 Å². The predicted octanol–water partition coefficient (Wildman–Crippen LogP) is 11.6. The minimum Gasteiger partial charge on any atom is -0.488 e. The van der Waals surface area contributed by atoms with Crippen molar-refractivity contribution in [1.82, 2.24) is 14.5 Å². The van der Waals surface area contributed by atoms with Crippen molar-refractivity contribution in [3.63, 3.8) is 0 Å². The van der Waals surface area contributed by atoms with Gasteiger partial charge in [0.05, 0.1) is 6.20 Å². The summed E-state index contributed by atoms with van der Waals surface area (Å²) in [4.78, 5) is 13.6. The van der Waals surface area contributed by atoms with Gasteiger partial charge in [-0.15, -0.1) is 65.8 Å². The van der Waals surface area contributed by atoms with Crippen molar-refractivity contribution in [3.05, 3.63) is 230 Å². The first-order valence-corrected chi connectivity index (χ1v) is 18.0. The third-order valence-electron chi connectivity index (χ3n) is 9.98. The van der Waals surface area contributed by atoms with Crippen LogP contribution in [0.15, 0.2) is 188 Å². The van der Waals surface area contributed by atoms with Gasteiger partial charge in [0.1, 0.15) is 0 Å². The fraction of sp³-hybridized carbons (Fsp3) is 0. The molecule has 7 aromatic carbocycles. The molecule has 1 aliphatic rings. The Kier molecular flexibility index (Phi) is 9.15. The quantitative estimate of drug-likeness (QED) is 0.118. The van der Waals surface area contributed by atoms with E-state index in [1.807, 2.05) is 12.3 Å². The summed E-state index contributed by atoms with van der Waals surface area (Å²) in [5, 5.41) is 2.24. The zero-order valence-electron chi connectivity index (χ0n) is 29.5. The Balaban J connectivity index is 0.00000397. The predicted molar refractivity (Wildman–Crippen MR) is 220 cm³/mol. The molecule has 9 aromatic rings. The molecule has 0 saturated heterocycles. The molecule has 2 aromatic heterocycles. The van der Waals surface area contributed by atoms with Crippen LogP contribution in [0.4, 0.5) is 22.7 Å². The fourth-order valence-corrected chi connectivity index (χ4v) is 7.60. The van der Waals surface area contributed by atoms with Crippen molar-refractivity contribution in [1.29, 1.82) is 0 Å². The molecular formula is C49H32N5Pt-3. The van der Waals surface area contributed by atoms with Gasteiger partial charge >= 0.3 is 0 Å². The molecule has 0 atom stereocenters. The molecule has 0 amide bonds. The zero-order valence-corrected chi connectivity index (χ0v) is 31.8. The number of anilines is 4. The van der Waals surface area contributed by atoms with Crippen LogP contribution in [0, 0.1) is 18.8 Å². The summed E-state index contributed by atoms with van der Waals surface area (Å²) < 4.78 is 2.16. The first-order chi connectivity index (χ1) is 26.8. The van der Waals surface area contributed by atoms with Crippen LogP contribution in [-0.4, -0.2) is 14.5 Å². The fourth-order valence-electron chi connectivity index (χ4n) is 7.60. The topological polar surface area (TPSA) is 37.2 Å². The Labute approximate surface area is 334 Å². The van der Waals surface area contributed by atoms with Crippen LogP contribution in [0.25, 0.3) is 38.8 Å². The number of hydrogen-bond acceptors (Lipinski definition) is 4. The Morgan fingerprint density at radius 2 is 1.15 bits per heavy atom.